The van der Waals surface area contributed by atoms with Crippen LogP contribution in [0, 0.1) is 11.7 Å². The van der Waals surface area contributed by atoms with Gasteiger partial charge in [0.25, 0.3) is 0 Å². The lowest BCUT2D eigenvalue weighted by Crippen LogP contribution is -2.50. The Balaban J connectivity index is 1.35. The first-order chi connectivity index (χ1) is 13.1. The van der Waals surface area contributed by atoms with Crippen molar-refractivity contribution in [2.45, 2.75) is 63.1 Å². The van der Waals surface area contributed by atoms with E-state index < -0.39 is 5.60 Å². The van der Waals surface area contributed by atoms with E-state index in [-0.39, 0.29) is 36.1 Å². The van der Waals surface area contributed by atoms with Crippen LogP contribution in [0.15, 0.2) is 24.3 Å². The average Bonchev–Trinajstić information content (AvgIpc) is 2.99. The molecule has 4 rings (SSSR count). The summed E-state index contributed by atoms with van der Waals surface area (Å²) in [6.07, 6.45) is 6.49. The third-order valence-corrected chi connectivity index (χ3v) is 6.19. The molecule has 1 aromatic rings. The average molecular weight is 375 g/mol. The molecule has 6 heteroatoms. The summed E-state index contributed by atoms with van der Waals surface area (Å²) in [6, 6.07) is 6.02. The third kappa shape index (κ3) is 3.80. The van der Waals surface area contributed by atoms with Gasteiger partial charge in [0.15, 0.2) is 0 Å². The van der Waals surface area contributed by atoms with E-state index >= 15 is 0 Å². The highest BCUT2D eigenvalue weighted by Gasteiger charge is 2.53. The number of carbonyl (C=O) groups excluding carboxylic acids is 2. The van der Waals surface area contributed by atoms with Crippen molar-refractivity contribution in [1.82, 2.24) is 4.90 Å². The monoisotopic (exact) mass is 375 g/mol. The number of amides is 1. The summed E-state index contributed by atoms with van der Waals surface area (Å²) in [5, 5.41) is 0. The van der Waals surface area contributed by atoms with Crippen molar-refractivity contribution in [3.8, 4) is 5.75 Å². The van der Waals surface area contributed by atoms with Gasteiger partial charge < -0.3 is 14.4 Å². The Labute approximate surface area is 158 Å². The van der Waals surface area contributed by atoms with Crippen molar-refractivity contribution >= 4 is 11.9 Å². The smallest absolute Gasteiger partial charge is 0.307 e. The zero-order chi connectivity index (χ0) is 18.9. The fourth-order valence-electron chi connectivity index (χ4n) is 4.73. The van der Waals surface area contributed by atoms with E-state index in [1.54, 1.807) is 12.1 Å². The second-order valence-corrected chi connectivity index (χ2v) is 7.95. The lowest BCUT2D eigenvalue weighted by Gasteiger charge is -2.39. The summed E-state index contributed by atoms with van der Waals surface area (Å²) in [4.78, 5) is 27.0. The summed E-state index contributed by atoms with van der Waals surface area (Å²) in [5.41, 5.74) is -0.562. The van der Waals surface area contributed by atoms with E-state index in [9.17, 15) is 14.0 Å². The first-order valence-corrected chi connectivity index (χ1v) is 9.99. The molecule has 2 aliphatic heterocycles. The Morgan fingerprint density at radius 2 is 1.78 bits per heavy atom. The summed E-state index contributed by atoms with van der Waals surface area (Å²) in [5.74, 6) is -0.141. The molecule has 5 nitrogen and oxygen atoms in total. The van der Waals surface area contributed by atoms with Crippen molar-refractivity contribution in [2.24, 2.45) is 5.92 Å². The standard InChI is InChI=1S/C21H26FNO4/c22-15-4-6-16(7-5-15)26-17-8-12-23(13-9-17)20(25)18-14-19(24)27-21(18)10-2-1-3-11-21/h4-7,17-18H,1-3,8-14H2/t18-/m0/s1. The highest BCUT2D eigenvalue weighted by atomic mass is 19.1. The molecule has 0 radical (unpaired) electrons. The first kappa shape index (κ1) is 18.3. The van der Waals surface area contributed by atoms with Crippen LogP contribution in [0.25, 0.3) is 0 Å². The zero-order valence-electron chi connectivity index (χ0n) is 15.5. The number of hydrogen-bond donors (Lipinski definition) is 0. The molecule has 0 unspecified atom stereocenters. The molecule has 27 heavy (non-hydrogen) atoms. The van der Waals surface area contributed by atoms with Crippen molar-refractivity contribution in [3.63, 3.8) is 0 Å². The fourth-order valence-corrected chi connectivity index (χ4v) is 4.73. The number of halogens is 1. The van der Waals surface area contributed by atoms with Gasteiger partial charge in [-0.25, -0.2) is 4.39 Å². The van der Waals surface area contributed by atoms with Crippen LogP contribution in [0.2, 0.25) is 0 Å². The van der Waals surface area contributed by atoms with E-state index in [1.165, 1.54) is 12.1 Å². The second-order valence-electron chi connectivity index (χ2n) is 7.95. The fraction of sp³-hybridized carbons (Fsp3) is 0.619. The van der Waals surface area contributed by atoms with Crippen molar-refractivity contribution in [3.05, 3.63) is 30.1 Å². The maximum absolute atomic E-state index is 13.1. The molecule has 1 atom stereocenters. The topological polar surface area (TPSA) is 55.8 Å². The highest BCUT2D eigenvalue weighted by molar-refractivity contribution is 5.88. The van der Waals surface area contributed by atoms with Crippen LogP contribution in [0.5, 0.6) is 5.75 Å². The van der Waals surface area contributed by atoms with Gasteiger partial charge in [0, 0.05) is 25.9 Å². The Morgan fingerprint density at radius 3 is 2.44 bits per heavy atom. The van der Waals surface area contributed by atoms with Crippen LogP contribution in [0.3, 0.4) is 0 Å². The van der Waals surface area contributed by atoms with Gasteiger partial charge in [-0.3, -0.25) is 9.59 Å². The van der Waals surface area contributed by atoms with Crippen LogP contribution >= 0.6 is 0 Å². The number of nitrogens with zero attached hydrogens (tertiary/aromatic N) is 1. The Kier molecular flexibility index (Phi) is 5.06. The van der Waals surface area contributed by atoms with Gasteiger partial charge in [-0.15, -0.1) is 0 Å². The van der Waals surface area contributed by atoms with E-state index in [1.807, 2.05) is 4.90 Å². The van der Waals surface area contributed by atoms with E-state index in [0.29, 0.717) is 18.8 Å². The molecule has 1 aliphatic carbocycles. The number of esters is 1. The molecule has 146 valence electrons. The maximum atomic E-state index is 13.1. The van der Waals surface area contributed by atoms with Crippen LogP contribution in [-0.4, -0.2) is 41.6 Å². The molecule has 0 N–H and O–H groups in total. The van der Waals surface area contributed by atoms with Crippen LogP contribution in [0.4, 0.5) is 4.39 Å². The van der Waals surface area contributed by atoms with Crippen LogP contribution < -0.4 is 4.74 Å². The number of ether oxygens (including phenoxy) is 2. The molecule has 1 saturated carbocycles. The maximum Gasteiger partial charge on any atom is 0.307 e. The second kappa shape index (κ2) is 7.49. The minimum absolute atomic E-state index is 0.0182. The Morgan fingerprint density at radius 1 is 1.11 bits per heavy atom. The van der Waals surface area contributed by atoms with E-state index in [4.69, 9.17) is 9.47 Å². The van der Waals surface area contributed by atoms with Crippen molar-refractivity contribution < 1.29 is 23.5 Å². The third-order valence-electron chi connectivity index (χ3n) is 6.19. The number of hydrogen-bond acceptors (Lipinski definition) is 4. The van der Waals surface area contributed by atoms with Crippen molar-refractivity contribution in [2.75, 3.05) is 13.1 Å². The van der Waals surface area contributed by atoms with Gasteiger partial charge in [0.2, 0.25) is 5.91 Å². The summed E-state index contributed by atoms with van der Waals surface area (Å²) in [6.45, 7) is 1.23. The quantitative estimate of drug-likeness (QED) is 0.759. The molecule has 3 aliphatic rings. The molecule has 2 saturated heterocycles. The lowest BCUT2D eigenvalue weighted by molar-refractivity contribution is -0.156. The number of rotatable bonds is 3. The number of carbonyl (C=O) groups is 2. The molecule has 1 amide bonds. The molecule has 1 spiro atoms. The van der Waals surface area contributed by atoms with Crippen LogP contribution in [0.1, 0.15) is 51.4 Å². The molecule has 2 heterocycles. The van der Waals surface area contributed by atoms with Gasteiger partial charge in [0.1, 0.15) is 23.3 Å². The minimum atomic E-state index is -0.562. The van der Waals surface area contributed by atoms with Gasteiger partial charge in [-0.05, 0) is 49.9 Å². The Hall–Kier alpha value is -2.11. The number of piperidine rings is 1. The zero-order valence-corrected chi connectivity index (χ0v) is 15.5. The molecule has 0 bridgehead atoms. The minimum Gasteiger partial charge on any atom is -0.490 e. The SMILES string of the molecule is O=C1C[C@@H](C(=O)N2CCC(Oc3ccc(F)cc3)CC2)C2(CCCCC2)O1. The number of benzene rings is 1. The molecule has 0 aromatic heterocycles. The summed E-state index contributed by atoms with van der Waals surface area (Å²) in [7, 11) is 0. The molecular formula is C21H26FNO4. The van der Waals surface area contributed by atoms with E-state index in [2.05, 4.69) is 0 Å². The predicted molar refractivity (Wildman–Crippen MR) is 96.6 cm³/mol. The number of likely N-dealkylation sites (tertiary alicyclic amines) is 1. The first-order valence-electron chi connectivity index (χ1n) is 9.99. The molecule has 3 fully saturated rings. The largest absolute Gasteiger partial charge is 0.490 e. The van der Waals surface area contributed by atoms with Crippen molar-refractivity contribution in [1.29, 1.82) is 0 Å². The highest BCUT2D eigenvalue weighted by Crippen LogP contribution is 2.45. The predicted octanol–water partition coefficient (Wildman–Crippen LogP) is 3.46. The lowest BCUT2D eigenvalue weighted by atomic mass is 9.75. The summed E-state index contributed by atoms with van der Waals surface area (Å²) >= 11 is 0. The van der Waals surface area contributed by atoms with Gasteiger partial charge >= 0.3 is 5.97 Å². The normalized spacial score (nSPS) is 25.4. The summed E-state index contributed by atoms with van der Waals surface area (Å²) < 4.78 is 24.6. The molecular weight excluding hydrogens is 349 g/mol. The van der Waals surface area contributed by atoms with Gasteiger partial charge in [0.05, 0.1) is 12.3 Å². The van der Waals surface area contributed by atoms with Crippen LogP contribution in [-0.2, 0) is 14.3 Å². The Bertz CT molecular complexity index is 691. The van der Waals surface area contributed by atoms with Gasteiger partial charge in [-0.2, -0.15) is 0 Å². The molecule has 1 aromatic carbocycles. The van der Waals surface area contributed by atoms with E-state index in [0.717, 1.165) is 44.9 Å². The van der Waals surface area contributed by atoms with Gasteiger partial charge in [-0.1, -0.05) is 6.42 Å².